The van der Waals surface area contributed by atoms with Gasteiger partial charge in [-0.2, -0.15) is 8.78 Å². The fourth-order valence-corrected chi connectivity index (χ4v) is 2.08. The molecule has 0 saturated heterocycles. The number of hydrogen-bond donors (Lipinski definition) is 1. The number of benzene rings is 1. The van der Waals surface area contributed by atoms with Crippen LogP contribution in [-0.2, 0) is 19.1 Å². The number of carbonyl (C=O) groups excluding carboxylic acids is 3. The first kappa shape index (κ1) is 21.3. The highest BCUT2D eigenvalue weighted by Crippen LogP contribution is 2.16. The second-order valence-electron chi connectivity index (χ2n) is 5.76. The average molecular weight is 373 g/mol. The maximum Gasteiger partial charge on any atom is 0.387 e. The van der Waals surface area contributed by atoms with Gasteiger partial charge in [0.15, 0.2) is 6.61 Å². The van der Waals surface area contributed by atoms with E-state index in [-0.39, 0.29) is 17.2 Å². The Kier molecular flexibility index (Phi) is 8.47. The summed E-state index contributed by atoms with van der Waals surface area (Å²) in [6.07, 6.45) is 0.360. The third kappa shape index (κ3) is 7.45. The number of rotatable bonds is 9. The minimum absolute atomic E-state index is 0.0531. The molecule has 0 spiro atoms. The van der Waals surface area contributed by atoms with Crippen LogP contribution in [0.1, 0.15) is 30.6 Å². The fourth-order valence-electron chi connectivity index (χ4n) is 2.08. The lowest BCUT2D eigenvalue weighted by Gasteiger charge is -2.18. The van der Waals surface area contributed by atoms with Crippen LogP contribution in [0.4, 0.5) is 8.78 Å². The van der Waals surface area contributed by atoms with E-state index < -0.39 is 37.1 Å². The molecule has 1 atom stereocenters. The van der Waals surface area contributed by atoms with Gasteiger partial charge in [0, 0.05) is 0 Å². The molecular formula is C17H21F2NO6. The van der Waals surface area contributed by atoms with Crippen molar-refractivity contribution in [3.05, 3.63) is 29.8 Å². The molecule has 1 rings (SSSR count). The number of methoxy groups -OCH3 is 1. The summed E-state index contributed by atoms with van der Waals surface area (Å²) in [5.74, 6) is -2.26. The van der Waals surface area contributed by atoms with Gasteiger partial charge in [-0.3, -0.25) is 4.79 Å². The topological polar surface area (TPSA) is 90.9 Å². The number of halogens is 2. The zero-order chi connectivity index (χ0) is 19.7. The number of carbonyl (C=O) groups is 3. The minimum Gasteiger partial charge on any atom is -0.467 e. The highest BCUT2D eigenvalue weighted by Gasteiger charge is 2.23. The van der Waals surface area contributed by atoms with Crippen LogP contribution in [0.15, 0.2) is 24.3 Å². The number of amides is 1. The van der Waals surface area contributed by atoms with Crippen molar-refractivity contribution in [1.29, 1.82) is 0 Å². The standard InChI is InChI=1S/C17H21F2NO6/c1-10(2)7-13(16(23)24-3)20-14(21)9-25-15(22)11-5-4-6-12(8-11)26-17(18)19/h4-6,8,10,13,17H,7,9H2,1-3H3,(H,20,21). The third-order valence-electron chi connectivity index (χ3n) is 3.16. The lowest BCUT2D eigenvalue weighted by atomic mass is 10.0. The fraction of sp³-hybridized carbons (Fsp3) is 0.471. The second kappa shape index (κ2) is 10.3. The lowest BCUT2D eigenvalue weighted by molar-refractivity contribution is -0.145. The number of nitrogens with one attached hydrogen (secondary N) is 1. The smallest absolute Gasteiger partial charge is 0.387 e. The van der Waals surface area contributed by atoms with E-state index in [2.05, 4.69) is 14.8 Å². The second-order valence-corrected chi connectivity index (χ2v) is 5.76. The monoisotopic (exact) mass is 373 g/mol. The summed E-state index contributed by atoms with van der Waals surface area (Å²) in [6.45, 7) is 0.0839. The van der Waals surface area contributed by atoms with Gasteiger partial charge in [0.05, 0.1) is 12.7 Å². The molecule has 1 unspecified atom stereocenters. The van der Waals surface area contributed by atoms with Crippen LogP contribution in [0.5, 0.6) is 5.75 Å². The Labute approximate surface area is 149 Å². The zero-order valence-corrected chi connectivity index (χ0v) is 14.7. The van der Waals surface area contributed by atoms with E-state index in [1.807, 2.05) is 13.8 Å². The molecule has 0 aliphatic heterocycles. The predicted octanol–water partition coefficient (Wildman–Crippen LogP) is 2.15. The van der Waals surface area contributed by atoms with Crippen molar-refractivity contribution in [3.63, 3.8) is 0 Å². The number of esters is 2. The van der Waals surface area contributed by atoms with E-state index >= 15 is 0 Å². The maximum absolute atomic E-state index is 12.2. The Balaban J connectivity index is 2.60. The first-order valence-electron chi connectivity index (χ1n) is 7.82. The molecule has 26 heavy (non-hydrogen) atoms. The third-order valence-corrected chi connectivity index (χ3v) is 3.16. The normalized spacial score (nSPS) is 11.8. The van der Waals surface area contributed by atoms with Crippen molar-refractivity contribution in [3.8, 4) is 5.75 Å². The Morgan fingerprint density at radius 3 is 2.46 bits per heavy atom. The first-order chi connectivity index (χ1) is 12.2. The van der Waals surface area contributed by atoms with Crippen LogP contribution in [0.3, 0.4) is 0 Å². The van der Waals surface area contributed by atoms with Gasteiger partial charge in [0.25, 0.3) is 5.91 Å². The van der Waals surface area contributed by atoms with Crippen LogP contribution in [0, 0.1) is 5.92 Å². The van der Waals surface area contributed by atoms with Gasteiger partial charge in [-0.1, -0.05) is 19.9 Å². The molecule has 1 aromatic rings. The quantitative estimate of drug-likeness (QED) is 0.667. The van der Waals surface area contributed by atoms with Crippen molar-refractivity contribution in [2.45, 2.75) is 32.9 Å². The van der Waals surface area contributed by atoms with E-state index in [4.69, 9.17) is 4.74 Å². The van der Waals surface area contributed by atoms with Crippen LogP contribution in [0.25, 0.3) is 0 Å². The van der Waals surface area contributed by atoms with E-state index in [1.54, 1.807) is 0 Å². The van der Waals surface area contributed by atoms with Crippen molar-refractivity contribution in [2.24, 2.45) is 5.92 Å². The van der Waals surface area contributed by atoms with Gasteiger partial charge in [0.2, 0.25) is 0 Å². The van der Waals surface area contributed by atoms with Crippen molar-refractivity contribution in [1.82, 2.24) is 5.32 Å². The average Bonchev–Trinajstić information content (AvgIpc) is 2.57. The lowest BCUT2D eigenvalue weighted by Crippen LogP contribution is -2.44. The molecule has 0 aromatic heterocycles. The van der Waals surface area contributed by atoms with Gasteiger partial charge < -0.3 is 19.5 Å². The highest BCUT2D eigenvalue weighted by molar-refractivity contribution is 5.92. The summed E-state index contributed by atoms with van der Waals surface area (Å²) < 4.78 is 38.0. The molecular weight excluding hydrogens is 352 g/mol. The van der Waals surface area contributed by atoms with E-state index in [1.165, 1.54) is 25.3 Å². The van der Waals surface area contributed by atoms with Crippen molar-refractivity contribution < 1.29 is 37.4 Å². The number of ether oxygens (including phenoxy) is 3. The SMILES string of the molecule is COC(=O)C(CC(C)C)NC(=O)COC(=O)c1cccc(OC(F)F)c1. The first-order valence-corrected chi connectivity index (χ1v) is 7.82. The van der Waals surface area contributed by atoms with Crippen LogP contribution >= 0.6 is 0 Å². The zero-order valence-electron chi connectivity index (χ0n) is 14.7. The molecule has 0 saturated carbocycles. The molecule has 0 aliphatic rings. The Morgan fingerprint density at radius 2 is 1.88 bits per heavy atom. The summed E-state index contributed by atoms with van der Waals surface area (Å²) in [4.78, 5) is 35.4. The van der Waals surface area contributed by atoms with Crippen molar-refractivity contribution >= 4 is 17.8 Å². The molecule has 0 bridgehead atoms. The summed E-state index contributed by atoms with van der Waals surface area (Å²) >= 11 is 0. The minimum atomic E-state index is -3.02. The van der Waals surface area contributed by atoms with Gasteiger partial charge >= 0.3 is 18.6 Å². The Morgan fingerprint density at radius 1 is 1.19 bits per heavy atom. The largest absolute Gasteiger partial charge is 0.467 e. The summed E-state index contributed by atoms with van der Waals surface area (Å²) in [6, 6.07) is 4.14. The summed E-state index contributed by atoms with van der Waals surface area (Å²) in [7, 11) is 1.20. The molecule has 1 aromatic carbocycles. The summed E-state index contributed by atoms with van der Waals surface area (Å²) in [5, 5.41) is 2.43. The van der Waals surface area contributed by atoms with Crippen molar-refractivity contribution in [2.75, 3.05) is 13.7 Å². The molecule has 0 radical (unpaired) electrons. The molecule has 9 heteroatoms. The van der Waals surface area contributed by atoms with Crippen LogP contribution in [-0.4, -0.2) is 44.2 Å². The molecule has 0 aliphatic carbocycles. The number of hydrogen-bond acceptors (Lipinski definition) is 6. The van der Waals surface area contributed by atoms with E-state index in [0.717, 1.165) is 6.07 Å². The summed E-state index contributed by atoms with van der Waals surface area (Å²) in [5.41, 5.74) is -0.0531. The Bertz CT molecular complexity index is 635. The molecule has 1 amide bonds. The number of alkyl halides is 2. The molecule has 0 heterocycles. The van der Waals surface area contributed by atoms with Crippen LogP contribution < -0.4 is 10.1 Å². The van der Waals surface area contributed by atoms with Crippen LogP contribution in [0.2, 0.25) is 0 Å². The molecule has 0 fully saturated rings. The Hall–Kier alpha value is -2.71. The van der Waals surface area contributed by atoms with Gasteiger partial charge in [-0.25, -0.2) is 9.59 Å². The molecule has 1 N–H and O–H groups in total. The highest BCUT2D eigenvalue weighted by atomic mass is 19.3. The van der Waals surface area contributed by atoms with E-state index in [9.17, 15) is 23.2 Å². The molecule has 7 nitrogen and oxygen atoms in total. The maximum atomic E-state index is 12.2. The molecule has 144 valence electrons. The predicted molar refractivity (Wildman–Crippen MR) is 86.8 cm³/mol. The van der Waals surface area contributed by atoms with Gasteiger partial charge in [-0.15, -0.1) is 0 Å². The van der Waals surface area contributed by atoms with Gasteiger partial charge in [0.1, 0.15) is 11.8 Å². The van der Waals surface area contributed by atoms with Gasteiger partial charge in [-0.05, 0) is 30.5 Å². The van der Waals surface area contributed by atoms with E-state index in [0.29, 0.717) is 6.42 Å².